The highest BCUT2D eigenvalue weighted by atomic mass is 35.5. The summed E-state index contributed by atoms with van der Waals surface area (Å²) in [6.45, 7) is 4.93. The van der Waals surface area contributed by atoms with Crippen molar-refractivity contribution in [3.8, 4) is 5.75 Å². The van der Waals surface area contributed by atoms with Crippen LogP contribution in [0, 0.1) is 0 Å². The van der Waals surface area contributed by atoms with E-state index in [1.807, 2.05) is 24.3 Å². The van der Waals surface area contributed by atoms with Gasteiger partial charge >= 0.3 is 0 Å². The van der Waals surface area contributed by atoms with E-state index < -0.39 is 0 Å². The molecule has 0 aliphatic rings. The van der Waals surface area contributed by atoms with Crippen LogP contribution in [0.1, 0.15) is 18.4 Å². The first-order valence-corrected chi connectivity index (χ1v) is 5.88. The molecule has 0 saturated heterocycles. The second kappa shape index (κ2) is 7.31. The molecular formula is C13H18ClNO. The number of nitrogens with two attached hydrogens (primary N) is 1. The van der Waals surface area contributed by atoms with Crippen molar-refractivity contribution in [3.05, 3.63) is 41.4 Å². The van der Waals surface area contributed by atoms with Crippen LogP contribution >= 0.6 is 11.6 Å². The van der Waals surface area contributed by atoms with E-state index in [1.165, 1.54) is 0 Å². The predicted molar refractivity (Wildman–Crippen MR) is 69.1 cm³/mol. The number of unbranched alkanes of at least 4 members (excludes halogenated alkanes) is 1. The smallest absolute Gasteiger partial charge is 0.141 e. The fourth-order valence-electron chi connectivity index (χ4n) is 1.47. The van der Waals surface area contributed by atoms with Crippen LogP contribution in [0.4, 0.5) is 0 Å². The second-order valence-electron chi connectivity index (χ2n) is 3.55. The number of para-hydroxylation sites is 1. The average molecular weight is 240 g/mol. The van der Waals surface area contributed by atoms with Gasteiger partial charge in [0, 0.05) is 0 Å². The standard InChI is InChI=1S/C13H18ClNO/c1-2-3-4-10-16-13-11(8-9-15)6-5-7-12(13)14/h2,5-7H,1,3-4,8-10,15H2. The number of allylic oxidation sites excluding steroid dienone is 1. The summed E-state index contributed by atoms with van der Waals surface area (Å²) >= 11 is 6.09. The van der Waals surface area contributed by atoms with E-state index in [2.05, 4.69) is 6.58 Å². The lowest BCUT2D eigenvalue weighted by molar-refractivity contribution is 0.309. The Balaban J connectivity index is 2.64. The molecule has 0 aliphatic carbocycles. The highest BCUT2D eigenvalue weighted by Gasteiger charge is 2.07. The van der Waals surface area contributed by atoms with Gasteiger partial charge in [0.15, 0.2) is 0 Å². The highest BCUT2D eigenvalue weighted by molar-refractivity contribution is 6.32. The van der Waals surface area contributed by atoms with Crippen molar-refractivity contribution in [2.45, 2.75) is 19.3 Å². The SMILES string of the molecule is C=CCCCOc1c(Cl)cccc1CCN. The van der Waals surface area contributed by atoms with Crippen LogP contribution in [0.15, 0.2) is 30.9 Å². The molecule has 3 heteroatoms. The van der Waals surface area contributed by atoms with Crippen molar-refractivity contribution in [2.24, 2.45) is 5.73 Å². The summed E-state index contributed by atoms with van der Waals surface area (Å²) in [6.07, 6.45) is 4.58. The van der Waals surface area contributed by atoms with Crippen LogP contribution in [0.5, 0.6) is 5.75 Å². The zero-order valence-electron chi connectivity index (χ0n) is 9.42. The van der Waals surface area contributed by atoms with Crippen LogP contribution in [-0.2, 0) is 6.42 Å². The van der Waals surface area contributed by atoms with E-state index >= 15 is 0 Å². The number of rotatable bonds is 7. The quantitative estimate of drug-likeness (QED) is 0.586. The molecule has 1 aromatic rings. The molecule has 1 aromatic carbocycles. The van der Waals surface area contributed by atoms with Crippen molar-refractivity contribution in [1.29, 1.82) is 0 Å². The van der Waals surface area contributed by atoms with Gasteiger partial charge in [-0.15, -0.1) is 6.58 Å². The van der Waals surface area contributed by atoms with Gasteiger partial charge in [-0.05, 0) is 37.4 Å². The number of hydrogen-bond donors (Lipinski definition) is 1. The minimum atomic E-state index is 0.601. The molecule has 0 bridgehead atoms. The van der Waals surface area contributed by atoms with Gasteiger partial charge in [-0.2, -0.15) is 0 Å². The largest absolute Gasteiger partial charge is 0.492 e. The summed E-state index contributed by atoms with van der Waals surface area (Å²) in [5, 5.41) is 0.657. The fraction of sp³-hybridized carbons (Fsp3) is 0.385. The van der Waals surface area contributed by atoms with E-state index in [0.717, 1.165) is 30.6 Å². The molecule has 2 N–H and O–H groups in total. The monoisotopic (exact) mass is 239 g/mol. The minimum absolute atomic E-state index is 0.601. The van der Waals surface area contributed by atoms with Crippen molar-refractivity contribution >= 4 is 11.6 Å². The lowest BCUT2D eigenvalue weighted by Gasteiger charge is -2.12. The van der Waals surface area contributed by atoms with Gasteiger partial charge in [0.2, 0.25) is 0 Å². The highest BCUT2D eigenvalue weighted by Crippen LogP contribution is 2.29. The van der Waals surface area contributed by atoms with Gasteiger partial charge in [-0.3, -0.25) is 0 Å². The Hall–Kier alpha value is -0.990. The average Bonchev–Trinajstić information content (AvgIpc) is 2.28. The third-order valence-electron chi connectivity index (χ3n) is 2.26. The Morgan fingerprint density at radius 3 is 2.94 bits per heavy atom. The molecule has 0 atom stereocenters. The van der Waals surface area contributed by atoms with Crippen LogP contribution in [0.3, 0.4) is 0 Å². The van der Waals surface area contributed by atoms with Crippen LogP contribution in [-0.4, -0.2) is 13.2 Å². The fourth-order valence-corrected chi connectivity index (χ4v) is 1.72. The lowest BCUT2D eigenvalue weighted by Crippen LogP contribution is -2.06. The van der Waals surface area contributed by atoms with E-state index in [4.69, 9.17) is 22.1 Å². The lowest BCUT2D eigenvalue weighted by atomic mass is 10.1. The molecule has 2 nitrogen and oxygen atoms in total. The maximum atomic E-state index is 6.09. The molecule has 0 saturated carbocycles. The summed E-state index contributed by atoms with van der Waals surface area (Å²) in [6, 6.07) is 5.76. The predicted octanol–water partition coefficient (Wildman–Crippen LogP) is 3.19. The van der Waals surface area contributed by atoms with Crippen LogP contribution < -0.4 is 10.5 Å². The summed E-state index contributed by atoms with van der Waals surface area (Å²) in [5.74, 6) is 0.777. The number of halogens is 1. The Labute approximate surface area is 102 Å². The zero-order valence-corrected chi connectivity index (χ0v) is 10.2. The molecule has 0 unspecified atom stereocenters. The molecule has 0 aromatic heterocycles. The Kier molecular flexibility index (Phi) is 5.98. The molecule has 1 rings (SSSR count). The Bertz CT molecular complexity index is 339. The topological polar surface area (TPSA) is 35.2 Å². The van der Waals surface area contributed by atoms with Crippen molar-refractivity contribution in [3.63, 3.8) is 0 Å². The summed E-state index contributed by atoms with van der Waals surface area (Å²) < 4.78 is 5.69. The third kappa shape index (κ3) is 3.87. The van der Waals surface area contributed by atoms with Crippen molar-refractivity contribution < 1.29 is 4.74 Å². The normalized spacial score (nSPS) is 10.1. The minimum Gasteiger partial charge on any atom is -0.492 e. The van der Waals surface area contributed by atoms with Gasteiger partial charge < -0.3 is 10.5 Å². The Morgan fingerprint density at radius 2 is 2.25 bits per heavy atom. The van der Waals surface area contributed by atoms with Crippen molar-refractivity contribution in [1.82, 2.24) is 0 Å². The van der Waals surface area contributed by atoms with E-state index in [1.54, 1.807) is 0 Å². The first kappa shape index (κ1) is 13.1. The van der Waals surface area contributed by atoms with Gasteiger partial charge in [0.05, 0.1) is 11.6 Å². The van der Waals surface area contributed by atoms with Gasteiger partial charge in [-0.25, -0.2) is 0 Å². The molecule has 0 aliphatic heterocycles. The van der Waals surface area contributed by atoms with Crippen LogP contribution in [0.25, 0.3) is 0 Å². The van der Waals surface area contributed by atoms with Gasteiger partial charge in [0.25, 0.3) is 0 Å². The number of hydrogen-bond acceptors (Lipinski definition) is 2. The number of benzene rings is 1. The van der Waals surface area contributed by atoms with E-state index in [0.29, 0.717) is 18.2 Å². The molecule has 0 radical (unpaired) electrons. The molecule has 0 amide bonds. The molecule has 0 spiro atoms. The first-order chi connectivity index (χ1) is 7.79. The molecule has 16 heavy (non-hydrogen) atoms. The number of ether oxygens (including phenoxy) is 1. The summed E-state index contributed by atoms with van der Waals surface area (Å²) in [4.78, 5) is 0. The molecule has 0 fully saturated rings. The third-order valence-corrected chi connectivity index (χ3v) is 2.56. The van der Waals surface area contributed by atoms with Gasteiger partial charge in [0.1, 0.15) is 5.75 Å². The maximum Gasteiger partial charge on any atom is 0.141 e. The molecule has 88 valence electrons. The van der Waals surface area contributed by atoms with Crippen LogP contribution in [0.2, 0.25) is 5.02 Å². The molecular weight excluding hydrogens is 222 g/mol. The molecule has 0 heterocycles. The maximum absolute atomic E-state index is 6.09. The van der Waals surface area contributed by atoms with Crippen molar-refractivity contribution in [2.75, 3.05) is 13.2 Å². The van der Waals surface area contributed by atoms with E-state index in [-0.39, 0.29) is 0 Å². The summed E-state index contributed by atoms with van der Waals surface area (Å²) in [5.41, 5.74) is 6.62. The second-order valence-corrected chi connectivity index (χ2v) is 3.95. The zero-order chi connectivity index (χ0) is 11.8. The first-order valence-electron chi connectivity index (χ1n) is 5.50. The Morgan fingerprint density at radius 1 is 1.44 bits per heavy atom. The van der Waals surface area contributed by atoms with Gasteiger partial charge in [-0.1, -0.05) is 29.8 Å². The van der Waals surface area contributed by atoms with E-state index in [9.17, 15) is 0 Å². The summed E-state index contributed by atoms with van der Waals surface area (Å²) in [7, 11) is 0.